The summed E-state index contributed by atoms with van der Waals surface area (Å²) in [7, 11) is 0. The van der Waals surface area contributed by atoms with Crippen LogP contribution >= 0.6 is 22.7 Å². The Labute approximate surface area is 145 Å². The molecule has 0 saturated carbocycles. The highest BCUT2D eigenvalue weighted by molar-refractivity contribution is 7.10. The number of thiazole rings is 2. The monoisotopic (exact) mass is 361 g/mol. The molecule has 124 valence electrons. The Morgan fingerprint density at radius 3 is 2.50 bits per heavy atom. The molecule has 1 atom stereocenters. The van der Waals surface area contributed by atoms with Crippen molar-refractivity contribution in [1.82, 2.24) is 25.3 Å². The van der Waals surface area contributed by atoms with E-state index in [1.807, 2.05) is 26.2 Å². The summed E-state index contributed by atoms with van der Waals surface area (Å²) in [4.78, 5) is 39.8. The van der Waals surface area contributed by atoms with Crippen LogP contribution in [0.15, 0.2) is 21.8 Å². The fourth-order valence-electron chi connectivity index (χ4n) is 2.09. The Kier molecular flexibility index (Phi) is 4.54. The lowest BCUT2D eigenvalue weighted by Crippen LogP contribution is -2.32. The van der Waals surface area contributed by atoms with Gasteiger partial charge >= 0.3 is 0 Å². The second-order valence-corrected chi connectivity index (χ2v) is 7.34. The second-order valence-electron chi connectivity index (χ2n) is 5.21. The third kappa shape index (κ3) is 3.41. The van der Waals surface area contributed by atoms with E-state index in [4.69, 9.17) is 0 Å². The van der Waals surface area contributed by atoms with Gasteiger partial charge in [-0.3, -0.25) is 9.59 Å². The minimum atomic E-state index is -0.496. The molecule has 9 heteroatoms. The van der Waals surface area contributed by atoms with Crippen LogP contribution in [0.2, 0.25) is 0 Å². The van der Waals surface area contributed by atoms with Gasteiger partial charge in [0.2, 0.25) is 0 Å². The smallest absolute Gasteiger partial charge is 0.264 e. The molecule has 24 heavy (non-hydrogen) atoms. The first-order chi connectivity index (χ1) is 11.4. The Morgan fingerprint density at radius 1 is 1.21 bits per heavy atom. The lowest BCUT2D eigenvalue weighted by molar-refractivity contribution is 0.0937. The quantitative estimate of drug-likeness (QED) is 0.743. The summed E-state index contributed by atoms with van der Waals surface area (Å²) in [6.45, 7) is 5.59. The zero-order valence-electron chi connectivity index (χ0n) is 13.3. The Bertz CT molecular complexity index is 943. The van der Waals surface area contributed by atoms with Crippen molar-refractivity contribution >= 4 is 28.6 Å². The molecule has 0 spiro atoms. The highest BCUT2D eigenvalue weighted by Gasteiger charge is 2.17. The molecular formula is C15H15N5O2S2. The number of hydrogen-bond donors (Lipinski definition) is 2. The first-order valence-corrected chi connectivity index (χ1v) is 8.94. The Balaban J connectivity index is 1.79. The molecule has 3 aromatic heterocycles. The van der Waals surface area contributed by atoms with E-state index < -0.39 is 11.5 Å². The molecule has 1 amide bonds. The number of rotatable bonds is 4. The average molecular weight is 361 g/mol. The van der Waals surface area contributed by atoms with E-state index in [2.05, 4.69) is 25.3 Å². The van der Waals surface area contributed by atoms with Gasteiger partial charge in [0.25, 0.3) is 11.5 Å². The van der Waals surface area contributed by atoms with E-state index in [0.717, 1.165) is 15.7 Å². The molecule has 3 heterocycles. The third-order valence-electron chi connectivity index (χ3n) is 3.33. The van der Waals surface area contributed by atoms with E-state index >= 15 is 0 Å². The number of amides is 1. The summed E-state index contributed by atoms with van der Waals surface area (Å²) in [5, 5.41) is 8.25. The van der Waals surface area contributed by atoms with Gasteiger partial charge < -0.3 is 10.3 Å². The summed E-state index contributed by atoms with van der Waals surface area (Å²) >= 11 is 2.98. The van der Waals surface area contributed by atoms with Crippen molar-refractivity contribution < 1.29 is 4.79 Å². The van der Waals surface area contributed by atoms with Crippen molar-refractivity contribution in [3.63, 3.8) is 0 Å². The van der Waals surface area contributed by atoms with Gasteiger partial charge in [-0.15, -0.1) is 22.7 Å². The summed E-state index contributed by atoms with van der Waals surface area (Å²) in [6, 6.07) is -0.289. The van der Waals surface area contributed by atoms with E-state index in [0.29, 0.717) is 11.5 Å². The minimum absolute atomic E-state index is 0.0375. The molecule has 3 aromatic rings. The molecule has 0 fully saturated rings. The lowest BCUT2D eigenvalue weighted by Gasteiger charge is -2.11. The van der Waals surface area contributed by atoms with Gasteiger partial charge in [-0.05, 0) is 20.8 Å². The molecule has 0 aliphatic carbocycles. The molecule has 0 radical (unpaired) electrons. The van der Waals surface area contributed by atoms with Crippen molar-refractivity contribution in [2.45, 2.75) is 26.8 Å². The topological polar surface area (TPSA) is 101 Å². The number of nitrogens with one attached hydrogen (secondary N) is 2. The standard InChI is InChI=1S/C15H15N5O2S2/c1-7(11-5-23-8(2)18-11)17-14(21)10-4-16-13(20-15(10)22)12-6-24-9(3)19-12/h4-7H,1-3H3,(H,17,21)(H,16,20,22)/t7-/m1/s1. The van der Waals surface area contributed by atoms with Gasteiger partial charge in [0, 0.05) is 17.0 Å². The number of H-pyrrole nitrogens is 1. The van der Waals surface area contributed by atoms with Gasteiger partial charge in [-0.25, -0.2) is 15.0 Å². The van der Waals surface area contributed by atoms with Gasteiger partial charge in [-0.2, -0.15) is 0 Å². The van der Waals surface area contributed by atoms with Crippen LogP contribution in [0, 0.1) is 13.8 Å². The second kappa shape index (κ2) is 6.62. The van der Waals surface area contributed by atoms with Gasteiger partial charge in [0.05, 0.1) is 21.8 Å². The van der Waals surface area contributed by atoms with Crippen LogP contribution in [0.5, 0.6) is 0 Å². The molecule has 2 N–H and O–H groups in total. The number of hydrogen-bond acceptors (Lipinski definition) is 7. The highest BCUT2D eigenvalue weighted by atomic mass is 32.1. The number of nitrogens with zero attached hydrogens (tertiary/aromatic N) is 3. The van der Waals surface area contributed by atoms with Crippen LogP contribution in [-0.4, -0.2) is 25.8 Å². The van der Waals surface area contributed by atoms with Gasteiger partial charge in [-0.1, -0.05) is 0 Å². The van der Waals surface area contributed by atoms with Crippen LogP contribution in [0.25, 0.3) is 11.5 Å². The number of carbonyl (C=O) groups excluding carboxylic acids is 1. The fourth-order valence-corrected chi connectivity index (χ4v) is 3.39. The molecule has 7 nitrogen and oxygen atoms in total. The van der Waals surface area contributed by atoms with Crippen molar-refractivity contribution in [1.29, 1.82) is 0 Å². The van der Waals surface area contributed by atoms with E-state index in [-0.39, 0.29) is 11.6 Å². The Morgan fingerprint density at radius 2 is 1.92 bits per heavy atom. The zero-order valence-corrected chi connectivity index (χ0v) is 14.9. The van der Waals surface area contributed by atoms with Crippen molar-refractivity contribution in [3.05, 3.63) is 48.6 Å². The van der Waals surface area contributed by atoms with Crippen LogP contribution in [-0.2, 0) is 0 Å². The average Bonchev–Trinajstić information content (AvgIpc) is 3.15. The van der Waals surface area contributed by atoms with Crippen LogP contribution in [0.1, 0.15) is 39.0 Å². The van der Waals surface area contributed by atoms with Crippen molar-refractivity contribution in [3.8, 4) is 11.5 Å². The molecule has 0 bridgehead atoms. The van der Waals surface area contributed by atoms with Crippen molar-refractivity contribution in [2.75, 3.05) is 0 Å². The maximum atomic E-state index is 12.3. The molecule has 0 unspecified atom stereocenters. The largest absolute Gasteiger partial charge is 0.344 e. The molecule has 0 saturated heterocycles. The first kappa shape index (κ1) is 16.5. The molecule has 3 rings (SSSR count). The summed E-state index contributed by atoms with van der Waals surface area (Å²) in [6.07, 6.45) is 1.27. The van der Waals surface area contributed by atoms with Crippen LogP contribution in [0.4, 0.5) is 0 Å². The first-order valence-electron chi connectivity index (χ1n) is 7.18. The molecule has 0 aromatic carbocycles. The highest BCUT2D eigenvalue weighted by Crippen LogP contribution is 2.17. The predicted molar refractivity (Wildman–Crippen MR) is 93.4 cm³/mol. The van der Waals surface area contributed by atoms with E-state index in [1.54, 1.807) is 5.38 Å². The minimum Gasteiger partial charge on any atom is -0.344 e. The fraction of sp³-hybridized carbons (Fsp3) is 0.267. The summed E-state index contributed by atoms with van der Waals surface area (Å²) in [5.74, 6) is -0.132. The lowest BCUT2D eigenvalue weighted by atomic mass is 10.2. The predicted octanol–water partition coefficient (Wildman–Crippen LogP) is 2.46. The third-order valence-corrected chi connectivity index (χ3v) is 4.90. The van der Waals surface area contributed by atoms with Crippen LogP contribution < -0.4 is 10.9 Å². The van der Waals surface area contributed by atoms with Crippen molar-refractivity contribution in [2.24, 2.45) is 0 Å². The number of aryl methyl sites for hydroxylation is 2. The number of aromatic nitrogens is 4. The Hall–Kier alpha value is -2.39. The maximum absolute atomic E-state index is 12.3. The van der Waals surface area contributed by atoms with Gasteiger partial charge in [0.15, 0.2) is 5.82 Å². The molecular weight excluding hydrogens is 346 g/mol. The van der Waals surface area contributed by atoms with E-state index in [9.17, 15) is 9.59 Å². The number of aromatic amines is 1. The molecule has 0 aliphatic rings. The SMILES string of the molecule is Cc1nc(-c2ncc(C(=O)N[C@H](C)c3csc(C)n3)c(=O)[nH]2)cs1. The molecule has 0 aliphatic heterocycles. The van der Waals surface area contributed by atoms with Gasteiger partial charge in [0.1, 0.15) is 11.3 Å². The van der Waals surface area contributed by atoms with E-state index in [1.165, 1.54) is 28.9 Å². The van der Waals surface area contributed by atoms with Crippen LogP contribution in [0.3, 0.4) is 0 Å². The summed E-state index contributed by atoms with van der Waals surface area (Å²) < 4.78 is 0. The number of carbonyl (C=O) groups is 1. The maximum Gasteiger partial charge on any atom is 0.264 e. The normalized spacial score (nSPS) is 12.1. The zero-order chi connectivity index (χ0) is 17.3. The summed E-state index contributed by atoms with van der Waals surface area (Å²) in [5.41, 5.74) is 0.826.